The highest BCUT2D eigenvalue weighted by molar-refractivity contribution is 7.15. The standard InChI is InChI=1S/C19H17FN2O3S/c1-24-13-8-7-12(16(10-13)25-2)9-17-21-11-18(26-17)22-19(23)14-5-3-4-6-15(14)20/h3-8,10-11H,9H2,1-2H3,(H,22,23). The number of rotatable bonds is 6. The molecule has 3 rings (SSSR count). The number of thiazole rings is 1. The zero-order valence-corrected chi connectivity index (χ0v) is 15.1. The fourth-order valence-corrected chi connectivity index (χ4v) is 3.27. The van der Waals surface area contributed by atoms with Crippen LogP contribution in [0.15, 0.2) is 48.7 Å². The zero-order chi connectivity index (χ0) is 18.5. The first kappa shape index (κ1) is 17.9. The molecule has 7 heteroatoms. The number of hydrogen-bond acceptors (Lipinski definition) is 5. The van der Waals surface area contributed by atoms with Crippen LogP contribution < -0.4 is 14.8 Å². The van der Waals surface area contributed by atoms with E-state index in [0.717, 1.165) is 10.6 Å². The highest BCUT2D eigenvalue weighted by atomic mass is 32.1. The monoisotopic (exact) mass is 372 g/mol. The Hall–Kier alpha value is -2.93. The minimum Gasteiger partial charge on any atom is -0.497 e. The summed E-state index contributed by atoms with van der Waals surface area (Å²) in [6, 6.07) is 11.4. The molecule has 0 aliphatic rings. The van der Waals surface area contributed by atoms with Crippen molar-refractivity contribution in [3.63, 3.8) is 0 Å². The highest BCUT2D eigenvalue weighted by Gasteiger charge is 2.14. The lowest BCUT2D eigenvalue weighted by Crippen LogP contribution is -2.12. The summed E-state index contributed by atoms with van der Waals surface area (Å²) >= 11 is 1.33. The average Bonchev–Trinajstić information content (AvgIpc) is 3.09. The van der Waals surface area contributed by atoms with Gasteiger partial charge in [-0.2, -0.15) is 0 Å². The van der Waals surface area contributed by atoms with E-state index in [9.17, 15) is 9.18 Å². The summed E-state index contributed by atoms with van der Waals surface area (Å²) in [4.78, 5) is 16.5. The van der Waals surface area contributed by atoms with Crippen molar-refractivity contribution >= 4 is 22.2 Å². The number of nitrogens with one attached hydrogen (secondary N) is 1. The quantitative estimate of drug-likeness (QED) is 0.706. The van der Waals surface area contributed by atoms with Gasteiger partial charge >= 0.3 is 0 Å². The molecule has 0 spiro atoms. The molecule has 0 saturated carbocycles. The van der Waals surface area contributed by atoms with Crippen LogP contribution in [-0.4, -0.2) is 25.1 Å². The Kier molecular flexibility index (Phi) is 5.48. The fraction of sp³-hybridized carbons (Fsp3) is 0.158. The maximum Gasteiger partial charge on any atom is 0.259 e. The van der Waals surface area contributed by atoms with Crippen molar-refractivity contribution in [3.8, 4) is 11.5 Å². The average molecular weight is 372 g/mol. The normalized spacial score (nSPS) is 10.4. The number of halogens is 1. The van der Waals surface area contributed by atoms with E-state index in [4.69, 9.17) is 9.47 Å². The molecule has 0 unspecified atom stereocenters. The molecule has 0 aliphatic heterocycles. The molecule has 134 valence electrons. The molecule has 2 aromatic carbocycles. The van der Waals surface area contributed by atoms with Crippen molar-refractivity contribution in [2.45, 2.75) is 6.42 Å². The van der Waals surface area contributed by atoms with Crippen molar-refractivity contribution in [1.29, 1.82) is 0 Å². The zero-order valence-electron chi connectivity index (χ0n) is 14.3. The first-order valence-electron chi connectivity index (χ1n) is 7.82. The van der Waals surface area contributed by atoms with Crippen LogP contribution in [0.5, 0.6) is 11.5 Å². The van der Waals surface area contributed by atoms with E-state index in [-0.39, 0.29) is 5.56 Å². The van der Waals surface area contributed by atoms with Crippen LogP contribution in [0.2, 0.25) is 0 Å². The van der Waals surface area contributed by atoms with Crippen molar-refractivity contribution < 1.29 is 18.7 Å². The SMILES string of the molecule is COc1ccc(Cc2ncc(NC(=O)c3ccccc3F)s2)c(OC)c1. The van der Waals surface area contributed by atoms with Gasteiger partial charge in [-0.1, -0.05) is 18.2 Å². The summed E-state index contributed by atoms with van der Waals surface area (Å²) in [5, 5.41) is 4.04. The van der Waals surface area contributed by atoms with E-state index < -0.39 is 11.7 Å². The van der Waals surface area contributed by atoms with Gasteiger partial charge in [-0.3, -0.25) is 4.79 Å². The Morgan fingerprint density at radius 2 is 2.00 bits per heavy atom. The lowest BCUT2D eigenvalue weighted by molar-refractivity contribution is 0.102. The molecule has 0 radical (unpaired) electrons. The molecule has 0 bridgehead atoms. The van der Waals surface area contributed by atoms with E-state index >= 15 is 0 Å². The topological polar surface area (TPSA) is 60.5 Å². The maximum absolute atomic E-state index is 13.7. The molecule has 0 atom stereocenters. The van der Waals surface area contributed by atoms with Crippen LogP contribution in [0.1, 0.15) is 20.9 Å². The van der Waals surface area contributed by atoms with E-state index in [1.54, 1.807) is 32.5 Å². The van der Waals surface area contributed by atoms with Crippen LogP contribution >= 0.6 is 11.3 Å². The Bertz CT molecular complexity index is 927. The summed E-state index contributed by atoms with van der Waals surface area (Å²) in [5.41, 5.74) is 0.953. The number of nitrogens with zero attached hydrogens (tertiary/aromatic N) is 1. The second-order valence-electron chi connectivity index (χ2n) is 5.41. The van der Waals surface area contributed by atoms with Crippen molar-refractivity contribution in [2.75, 3.05) is 19.5 Å². The minimum absolute atomic E-state index is 0.000673. The second-order valence-corrected chi connectivity index (χ2v) is 6.52. The maximum atomic E-state index is 13.7. The molecule has 0 aliphatic carbocycles. The van der Waals surface area contributed by atoms with Gasteiger partial charge in [-0.15, -0.1) is 11.3 Å². The number of ether oxygens (including phenoxy) is 2. The number of amides is 1. The van der Waals surface area contributed by atoms with E-state index in [1.165, 1.54) is 23.5 Å². The summed E-state index contributed by atoms with van der Waals surface area (Å²) in [6.07, 6.45) is 2.11. The third-order valence-corrected chi connectivity index (χ3v) is 4.66. The fourth-order valence-electron chi connectivity index (χ4n) is 2.44. The van der Waals surface area contributed by atoms with Crippen molar-refractivity contribution in [2.24, 2.45) is 0 Å². The number of benzene rings is 2. The number of aromatic nitrogens is 1. The molecule has 1 amide bonds. The molecule has 26 heavy (non-hydrogen) atoms. The minimum atomic E-state index is -0.558. The van der Waals surface area contributed by atoms with Crippen LogP contribution in [0, 0.1) is 5.82 Å². The molecule has 1 heterocycles. The Morgan fingerprint density at radius 3 is 2.73 bits per heavy atom. The van der Waals surface area contributed by atoms with Crippen molar-refractivity contribution in [3.05, 3.63) is 70.6 Å². The van der Waals surface area contributed by atoms with Crippen LogP contribution in [0.4, 0.5) is 9.39 Å². The number of carbonyl (C=O) groups is 1. The first-order valence-corrected chi connectivity index (χ1v) is 8.64. The van der Waals surface area contributed by atoms with Gasteiger partial charge in [0.05, 0.1) is 31.0 Å². The number of carbonyl (C=O) groups excluding carboxylic acids is 1. The number of hydrogen-bond donors (Lipinski definition) is 1. The molecule has 3 aromatic rings. The van der Waals surface area contributed by atoms with Gasteiger partial charge < -0.3 is 14.8 Å². The van der Waals surface area contributed by atoms with Crippen molar-refractivity contribution in [1.82, 2.24) is 4.98 Å². The summed E-state index contributed by atoms with van der Waals surface area (Å²) in [5.74, 6) is 0.358. The largest absolute Gasteiger partial charge is 0.497 e. The molecular formula is C19H17FN2O3S. The number of methoxy groups -OCH3 is 2. The lowest BCUT2D eigenvalue weighted by Gasteiger charge is -2.09. The predicted molar refractivity (Wildman–Crippen MR) is 98.8 cm³/mol. The smallest absolute Gasteiger partial charge is 0.259 e. The number of anilines is 1. The molecule has 5 nitrogen and oxygen atoms in total. The molecule has 1 N–H and O–H groups in total. The van der Waals surface area contributed by atoms with Crippen LogP contribution in [-0.2, 0) is 6.42 Å². The van der Waals surface area contributed by atoms with E-state index in [0.29, 0.717) is 22.9 Å². The molecule has 0 fully saturated rings. The second kappa shape index (κ2) is 7.97. The highest BCUT2D eigenvalue weighted by Crippen LogP contribution is 2.29. The summed E-state index contributed by atoms with van der Waals surface area (Å²) < 4.78 is 24.3. The summed E-state index contributed by atoms with van der Waals surface area (Å²) in [7, 11) is 3.19. The van der Waals surface area contributed by atoms with Gasteiger partial charge in [0.1, 0.15) is 22.3 Å². The first-order chi connectivity index (χ1) is 12.6. The van der Waals surface area contributed by atoms with Gasteiger partial charge in [0.2, 0.25) is 0 Å². The Morgan fingerprint density at radius 1 is 1.19 bits per heavy atom. The predicted octanol–water partition coefficient (Wildman–Crippen LogP) is 4.14. The molecular weight excluding hydrogens is 355 g/mol. The van der Waals surface area contributed by atoms with Gasteiger partial charge in [-0.05, 0) is 18.2 Å². The molecule has 1 aromatic heterocycles. The van der Waals surface area contributed by atoms with E-state index in [2.05, 4.69) is 10.3 Å². The third kappa shape index (κ3) is 4.00. The third-order valence-electron chi connectivity index (χ3n) is 3.74. The van der Waals surface area contributed by atoms with Gasteiger partial charge in [0.15, 0.2) is 0 Å². The van der Waals surface area contributed by atoms with Gasteiger partial charge in [0.25, 0.3) is 5.91 Å². The Balaban J connectivity index is 1.72. The molecule has 0 saturated heterocycles. The van der Waals surface area contributed by atoms with Gasteiger partial charge in [-0.25, -0.2) is 9.37 Å². The van der Waals surface area contributed by atoms with Gasteiger partial charge in [0, 0.05) is 18.1 Å². The Labute approximate surface area is 154 Å². The lowest BCUT2D eigenvalue weighted by atomic mass is 10.1. The summed E-state index contributed by atoms with van der Waals surface area (Å²) in [6.45, 7) is 0. The van der Waals surface area contributed by atoms with Crippen LogP contribution in [0.3, 0.4) is 0 Å². The van der Waals surface area contributed by atoms with Crippen LogP contribution in [0.25, 0.3) is 0 Å². The van der Waals surface area contributed by atoms with E-state index in [1.807, 2.05) is 18.2 Å².